The van der Waals surface area contributed by atoms with Gasteiger partial charge < -0.3 is 5.73 Å². The molecule has 0 aromatic heterocycles. The summed E-state index contributed by atoms with van der Waals surface area (Å²) < 4.78 is 13.8. The van der Waals surface area contributed by atoms with Crippen LogP contribution in [0.5, 0.6) is 0 Å². The van der Waals surface area contributed by atoms with Gasteiger partial charge in [0.25, 0.3) is 0 Å². The van der Waals surface area contributed by atoms with E-state index in [1.165, 1.54) is 18.9 Å². The molecule has 0 spiro atoms. The maximum absolute atomic E-state index is 13.8. The molecule has 1 aromatic carbocycles. The fraction of sp³-hybridized carbons (Fsp3) is 0.600. The molecule has 0 bridgehead atoms. The molecule has 0 radical (unpaired) electrons. The molecule has 1 aliphatic carbocycles. The zero-order valence-electron chi connectivity index (χ0n) is 11.0. The van der Waals surface area contributed by atoms with Crippen LogP contribution in [-0.4, -0.2) is 6.04 Å². The van der Waals surface area contributed by atoms with Gasteiger partial charge in [-0.05, 0) is 42.7 Å². The molecule has 1 saturated carbocycles. The lowest BCUT2D eigenvalue weighted by Gasteiger charge is -2.32. The first-order chi connectivity index (χ1) is 8.42. The lowest BCUT2D eigenvalue weighted by atomic mass is 9.76. The summed E-state index contributed by atoms with van der Waals surface area (Å²) in [5, 5.41) is 0.487. The summed E-state index contributed by atoms with van der Waals surface area (Å²) in [6, 6.07) is 4.80. The third-order valence-electron chi connectivity index (χ3n) is 4.36. The molecule has 0 heterocycles. The van der Waals surface area contributed by atoms with E-state index in [1.807, 2.05) is 0 Å². The van der Waals surface area contributed by atoms with E-state index in [9.17, 15) is 4.39 Å². The lowest BCUT2D eigenvalue weighted by Crippen LogP contribution is -2.38. The van der Waals surface area contributed by atoms with E-state index < -0.39 is 0 Å². The van der Waals surface area contributed by atoms with Crippen LogP contribution in [0.4, 0.5) is 4.39 Å². The molecule has 1 fully saturated rings. The first-order valence-electron chi connectivity index (χ1n) is 6.60. The second kappa shape index (κ2) is 5.18. The van der Waals surface area contributed by atoms with Crippen LogP contribution in [0, 0.1) is 17.2 Å². The number of nitrogens with two attached hydrogens (primary N) is 1. The fourth-order valence-electron chi connectivity index (χ4n) is 3.25. The normalized spacial score (nSPS) is 24.2. The Bertz CT molecular complexity index is 410. The van der Waals surface area contributed by atoms with Gasteiger partial charge in [-0.3, -0.25) is 0 Å². The summed E-state index contributed by atoms with van der Waals surface area (Å²) >= 11 is 6.06. The Labute approximate surface area is 114 Å². The molecule has 0 amide bonds. The zero-order chi connectivity index (χ0) is 13.3. The highest BCUT2D eigenvalue weighted by Crippen LogP contribution is 2.44. The van der Waals surface area contributed by atoms with Gasteiger partial charge >= 0.3 is 0 Å². The minimum absolute atomic E-state index is 0.0168. The summed E-state index contributed by atoms with van der Waals surface area (Å²) in [7, 11) is 0. The van der Waals surface area contributed by atoms with Gasteiger partial charge in [0.1, 0.15) is 5.82 Å². The Hall–Kier alpha value is -0.600. The number of halogens is 2. The van der Waals surface area contributed by atoms with Gasteiger partial charge in [-0.15, -0.1) is 0 Å². The van der Waals surface area contributed by atoms with Crippen molar-refractivity contribution in [2.24, 2.45) is 17.1 Å². The molecular weight excluding hydrogens is 249 g/mol. The first-order valence-corrected chi connectivity index (χ1v) is 6.98. The van der Waals surface area contributed by atoms with Gasteiger partial charge in [0.05, 0.1) is 0 Å². The Kier molecular flexibility index (Phi) is 3.98. The Balaban J connectivity index is 2.14. The second-order valence-electron chi connectivity index (χ2n) is 6.06. The van der Waals surface area contributed by atoms with Crippen molar-refractivity contribution >= 4 is 11.6 Å². The maximum atomic E-state index is 13.8. The van der Waals surface area contributed by atoms with Crippen molar-refractivity contribution in [1.82, 2.24) is 0 Å². The fourth-order valence-corrected chi connectivity index (χ4v) is 3.49. The predicted molar refractivity (Wildman–Crippen MR) is 74.2 cm³/mol. The molecule has 18 heavy (non-hydrogen) atoms. The SMILES string of the molecule is CC1(C)CCCC1C(N)Cc1c(F)cccc1Cl. The highest BCUT2D eigenvalue weighted by molar-refractivity contribution is 6.31. The van der Waals surface area contributed by atoms with E-state index in [2.05, 4.69) is 13.8 Å². The van der Waals surface area contributed by atoms with Crippen molar-refractivity contribution in [3.63, 3.8) is 0 Å². The van der Waals surface area contributed by atoms with Gasteiger partial charge in [0.2, 0.25) is 0 Å². The molecule has 1 nitrogen and oxygen atoms in total. The van der Waals surface area contributed by atoms with Gasteiger partial charge in [-0.1, -0.05) is 37.9 Å². The van der Waals surface area contributed by atoms with Crippen molar-refractivity contribution in [3.05, 3.63) is 34.6 Å². The third kappa shape index (κ3) is 2.70. The quantitative estimate of drug-likeness (QED) is 0.875. The monoisotopic (exact) mass is 269 g/mol. The molecule has 2 atom stereocenters. The van der Waals surface area contributed by atoms with Gasteiger partial charge in [-0.2, -0.15) is 0 Å². The number of hydrogen-bond donors (Lipinski definition) is 1. The number of hydrogen-bond acceptors (Lipinski definition) is 1. The van der Waals surface area contributed by atoms with Crippen LogP contribution in [0.2, 0.25) is 5.02 Å². The largest absolute Gasteiger partial charge is 0.327 e. The summed E-state index contributed by atoms with van der Waals surface area (Å²) in [6.07, 6.45) is 4.09. The highest BCUT2D eigenvalue weighted by atomic mass is 35.5. The van der Waals surface area contributed by atoms with Crippen molar-refractivity contribution in [3.8, 4) is 0 Å². The molecule has 3 heteroatoms. The lowest BCUT2D eigenvalue weighted by molar-refractivity contribution is 0.219. The zero-order valence-corrected chi connectivity index (χ0v) is 11.8. The van der Waals surface area contributed by atoms with Crippen molar-refractivity contribution in [2.45, 2.75) is 45.6 Å². The van der Waals surface area contributed by atoms with E-state index in [4.69, 9.17) is 17.3 Å². The van der Waals surface area contributed by atoms with Crippen molar-refractivity contribution < 1.29 is 4.39 Å². The van der Waals surface area contributed by atoms with Crippen LogP contribution < -0.4 is 5.73 Å². The molecule has 1 aromatic rings. The maximum Gasteiger partial charge on any atom is 0.127 e. The van der Waals surface area contributed by atoms with Crippen LogP contribution in [0.25, 0.3) is 0 Å². The van der Waals surface area contributed by atoms with E-state index in [-0.39, 0.29) is 17.3 Å². The van der Waals surface area contributed by atoms with Gasteiger partial charge in [-0.25, -0.2) is 4.39 Å². The Morgan fingerprint density at radius 3 is 2.78 bits per heavy atom. The standard InChI is InChI=1S/C15H21ClFN/c1-15(2)8-4-5-11(15)14(18)9-10-12(16)6-3-7-13(10)17/h3,6-7,11,14H,4-5,8-9,18H2,1-2H3. The molecule has 1 aliphatic rings. The second-order valence-corrected chi connectivity index (χ2v) is 6.46. The predicted octanol–water partition coefficient (Wildman–Crippen LogP) is 4.18. The number of benzene rings is 1. The molecule has 0 aliphatic heterocycles. The summed E-state index contributed by atoms with van der Waals surface area (Å²) in [5.74, 6) is 0.210. The molecular formula is C15H21ClFN. The van der Waals surface area contributed by atoms with E-state index in [1.54, 1.807) is 12.1 Å². The molecule has 100 valence electrons. The topological polar surface area (TPSA) is 26.0 Å². The van der Waals surface area contributed by atoms with Crippen molar-refractivity contribution in [2.75, 3.05) is 0 Å². The number of rotatable bonds is 3. The van der Waals surface area contributed by atoms with Gasteiger partial charge in [0.15, 0.2) is 0 Å². The van der Waals surface area contributed by atoms with Crippen LogP contribution in [-0.2, 0) is 6.42 Å². The smallest absolute Gasteiger partial charge is 0.127 e. The van der Waals surface area contributed by atoms with Crippen LogP contribution in [0.15, 0.2) is 18.2 Å². The van der Waals surface area contributed by atoms with Crippen LogP contribution >= 0.6 is 11.6 Å². The molecule has 2 unspecified atom stereocenters. The molecule has 2 rings (SSSR count). The minimum Gasteiger partial charge on any atom is -0.327 e. The average molecular weight is 270 g/mol. The van der Waals surface area contributed by atoms with E-state index in [0.29, 0.717) is 22.9 Å². The van der Waals surface area contributed by atoms with Gasteiger partial charge in [0, 0.05) is 16.6 Å². The Morgan fingerprint density at radius 1 is 1.50 bits per heavy atom. The van der Waals surface area contributed by atoms with Crippen LogP contribution in [0.1, 0.15) is 38.7 Å². The Morgan fingerprint density at radius 2 is 2.22 bits per heavy atom. The minimum atomic E-state index is -0.242. The molecule has 0 saturated heterocycles. The average Bonchev–Trinajstić information content (AvgIpc) is 2.63. The van der Waals surface area contributed by atoms with Crippen LogP contribution in [0.3, 0.4) is 0 Å². The highest BCUT2D eigenvalue weighted by Gasteiger charge is 2.38. The molecule has 2 N–H and O–H groups in total. The first kappa shape index (κ1) is 13.8. The van der Waals surface area contributed by atoms with E-state index >= 15 is 0 Å². The summed E-state index contributed by atoms with van der Waals surface area (Å²) in [5.41, 5.74) is 7.12. The van der Waals surface area contributed by atoms with E-state index in [0.717, 1.165) is 6.42 Å². The summed E-state index contributed by atoms with van der Waals surface area (Å²) in [6.45, 7) is 4.51. The third-order valence-corrected chi connectivity index (χ3v) is 4.71. The van der Waals surface area contributed by atoms with Crippen molar-refractivity contribution in [1.29, 1.82) is 0 Å². The summed E-state index contributed by atoms with van der Waals surface area (Å²) in [4.78, 5) is 0.